The predicted octanol–water partition coefficient (Wildman–Crippen LogP) is 1.49. The van der Waals surface area contributed by atoms with Crippen LogP contribution in [-0.2, 0) is 4.74 Å². The molecule has 0 fully saturated rings. The molecular formula is C14H23N3O2. The Morgan fingerprint density at radius 2 is 2.16 bits per heavy atom. The van der Waals surface area contributed by atoms with Crippen LogP contribution in [-0.4, -0.2) is 39.3 Å². The lowest BCUT2D eigenvalue weighted by molar-refractivity contribution is 0.0963. The molecule has 0 unspecified atom stereocenters. The number of nitrogens with two attached hydrogens (primary N) is 1. The zero-order valence-corrected chi connectivity index (χ0v) is 11.9. The second-order valence-corrected chi connectivity index (χ2v) is 4.13. The third-order valence-corrected chi connectivity index (χ3v) is 2.95. The van der Waals surface area contributed by atoms with Crippen LogP contribution in [0.1, 0.15) is 24.2 Å². The van der Waals surface area contributed by atoms with Gasteiger partial charge in [0.2, 0.25) is 0 Å². The number of rotatable bonds is 7. The Balaban J connectivity index is 2.84. The molecule has 0 radical (unpaired) electrons. The van der Waals surface area contributed by atoms with E-state index < -0.39 is 0 Å². The summed E-state index contributed by atoms with van der Waals surface area (Å²) in [5, 5.41) is 2.58. The third-order valence-electron chi connectivity index (χ3n) is 2.95. The fraction of sp³-hybridized carbons (Fsp3) is 0.500. The Morgan fingerprint density at radius 1 is 1.42 bits per heavy atom. The van der Waals surface area contributed by atoms with Gasteiger partial charge in [0.25, 0.3) is 5.91 Å². The van der Waals surface area contributed by atoms with Crippen LogP contribution in [0.3, 0.4) is 0 Å². The van der Waals surface area contributed by atoms with Crippen molar-refractivity contribution >= 4 is 17.3 Å². The van der Waals surface area contributed by atoms with E-state index >= 15 is 0 Å². The van der Waals surface area contributed by atoms with Crippen molar-refractivity contribution < 1.29 is 9.53 Å². The number of benzene rings is 1. The highest BCUT2D eigenvalue weighted by Gasteiger charge is 2.11. The number of amides is 1. The molecule has 0 aliphatic rings. The molecule has 0 heterocycles. The maximum Gasteiger partial charge on any atom is 0.251 e. The molecule has 19 heavy (non-hydrogen) atoms. The molecule has 0 atom stereocenters. The predicted molar refractivity (Wildman–Crippen MR) is 78.6 cm³/mol. The summed E-state index contributed by atoms with van der Waals surface area (Å²) in [5.41, 5.74) is 8.16. The Labute approximate surface area is 114 Å². The van der Waals surface area contributed by atoms with Gasteiger partial charge in [-0.3, -0.25) is 4.79 Å². The summed E-state index contributed by atoms with van der Waals surface area (Å²) in [7, 11) is 1.60. The Bertz CT molecular complexity index is 421. The van der Waals surface area contributed by atoms with Crippen molar-refractivity contribution in [2.75, 3.05) is 44.0 Å². The van der Waals surface area contributed by atoms with E-state index in [0.717, 1.165) is 18.8 Å². The van der Waals surface area contributed by atoms with Crippen molar-refractivity contribution in [3.63, 3.8) is 0 Å². The first kappa shape index (κ1) is 15.3. The lowest BCUT2D eigenvalue weighted by atomic mass is 10.1. The molecule has 0 saturated heterocycles. The van der Waals surface area contributed by atoms with Crippen LogP contribution in [0.5, 0.6) is 0 Å². The van der Waals surface area contributed by atoms with E-state index in [0.29, 0.717) is 24.5 Å². The van der Waals surface area contributed by atoms with E-state index in [9.17, 15) is 4.79 Å². The first-order chi connectivity index (χ1) is 9.13. The molecule has 1 amide bonds. The highest BCUT2D eigenvalue weighted by atomic mass is 16.5. The first-order valence-electron chi connectivity index (χ1n) is 6.58. The largest absolute Gasteiger partial charge is 0.397 e. The Hall–Kier alpha value is -1.75. The number of likely N-dealkylation sites (N-methyl/N-ethyl adjacent to an activating group) is 1. The number of hydrogen-bond donors (Lipinski definition) is 2. The number of ether oxygens (including phenoxy) is 1. The molecular weight excluding hydrogens is 242 g/mol. The van der Waals surface area contributed by atoms with Gasteiger partial charge in [-0.2, -0.15) is 0 Å². The standard InChI is InChI=1S/C14H23N3O2/c1-4-17(8-9-19-5-2)13-7-6-11(10-12(13)15)14(18)16-3/h6-7,10H,4-5,8-9,15H2,1-3H3,(H,16,18). The normalized spacial score (nSPS) is 10.3. The number of anilines is 2. The number of hydrogen-bond acceptors (Lipinski definition) is 4. The van der Waals surface area contributed by atoms with E-state index in [4.69, 9.17) is 10.5 Å². The van der Waals surface area contributed by atoms with Gasteiger partial charge in [0.05, 0.1) is 18.0 Å². The molecule has 5 nitrogen and oxygen atoms in total. The monoisotopic (exact) mass is 265 g/mol. The molecule has 106 valence electrons. The summed E-state index contributed by atoms with van der Waals surface area (Å²) in [5.74, 6) is -0.129. The lowest BCUT2D eigenvalue weighted by Crippen LogP contribution is -2.28. The Kier molecular flexibility index (Phi) is 6.15. The van der Waals surface area contributed by atoms with Gasteiger partial charge in [-0.1, -0.05) is 0 Å². The molecule has 0 spiro atoms. The van der Waals surface area contributed by atoms with Crippen molar-refractivity contribution in [1.82, 2.24) is 5.32 Å². The van der Waals surface area contributed by atoms with Gasteiger partial charge in [0.1, 0.15) is 0 Å². The van der Waals surface area contributed by atoms with Crippen LogP contribution in [0, 0.1) is 0 Å². The molecule has 5 heteroatoms. The average molecular weight is 265 g/mol. The molecule has 3 N–H and O–H groups in total. The fourth-order valence-corrected chi connectivity index (χ4v) is 1.90. The minimum Gasteiger partial charge on any atom is -0.397 e. The summed E-state index contributed by atoms with van der Waals surface area (Å²) in [6, 6.07) is 5.38. The second kappa shape index (κ2) is 7.63. The molecule has 0 saturated carbocycles. The second-order valence-electron chi connectivity index (χ2n) is 4.13. The van der Waals surface area contributed by atoms with Crippen molar-refractivity contribution in [1.29, 1.82) is 0 Å². The van der Waals surface area contributed by atoms with Gasteiger partial charge in [-0.15, -0.1) is 0 Å². The van der Waals surface area contributed by atoms with Crippen LogP contribution < -0.4 is 16.0 Å². The average Bonchev–Trinajstić information content (AvgIpc) is 2.43. The lowest BCUT2D eigenvalue weighted by Gasteiger charge is -2.24. The van der Waals surface area contributed by atoms with Crippen LogP contribution in [0.25, 0.3) is 0 Å². The van der Waals surface area contributed by atoms with Gasteiger partial charge in [0, 0.05) is 32.3 Å². The third kappa shape index (κ3) is 4.13. The zero-order valence-electron chi connectivity index (χ0n) is 11.9. The zero-order chi connectivity index (χ0) is 14.3. The van der Waals surface area contributed by atoms with Crippen LogP contribution in [0.2, 0.25) is 0 Å². The van der Waals surface area contributed by atoms with Gasteiger partial charge < -0.3 is 20.7 Å². The summed E-state index contributed by atoms with van der Waals surface area (Å²) in [6.07, 6.45) is 0. The van der Waals surface area contributed by atoms with E-state index in [1.54, 1.807) is 19.2 Å². The molecule has 0 aromatic heterocycles. The quantitative estimate of drug-likeness (QED) is 0.579. The minimum atomic E-state index is -0.129. The summed E-state index contributed by atoms with van der Waals surface area (Å²) in [6.45, 7) is 7.05. The SMILES string of the molecule is CCOCCN(CC)c1ccc(C(=O)NC)cc1N. The van der Waals surface area contributed by atoms with Crippen molar-refractivity contribution in [2.45, 2.75) is 13.8 Å². The smallest absolute Gasteiger partial charge is 0.251 e. The van der Waals surface area contributed by atoms with Gasteiger partial charge in [-0.25, -0.2) is 0 Å². The molecule has 1 aromatic rings. The van der Waals surface area contributed by atoms with Crippen LogP contribution in [0.4, 0.5) is 11.4 Å². The highest BCUT2D eigenvalue weighted by Crippen LogP contribution is 2.24. The first-order valence-corrected chi connectivity index (χ1v) is 6.58. The number of carbonyl (C=O) groups excluding carboxylic acids is 1. The molecule has 0 bridgehead atoms. The minimum absolute atomic E-state index is 0.129. The van der Waals surface area contributed by atoms with Crippen molar-refractivity contribution in [3.05, 3.63) is 23.8 Å². The van der Waals surface area contributed by atoms with E-state index in [1.807, 2.05) is 13.0 Å². The van der Waals surface area contributed by atoms with Crippen LogP contribution in [0.15, 0.2) is 18.2 Å². The summed E-state index contributed by atoms with van der Waals surface area (Å²) >= 11 is 0. The number of nitrogen functional groups attached to an aromatic ring is 1. The molecule has 0 aliphatic carbocycles. The van der Waals surface area contributed by atoms with Crippen molar-refractivity contribution in [3.8, 4) is 0 Å². The Morgan fingerprint density at radius 3 is 2.68 bits per heavy atom. The van der Waals surface area contributed by atoms with E-state index in [2.05, 4.69) is 17.1 Å². The van der Waals surface area contributed by atoms with Crippen LogP contribution >= 0.6 is 0 Å². The maximum absolute atomic E-state index is 11.5. The van der Waals surface area contributed by atoms with Gasteiger partial charge in [0.15, 0.2) is 0 Å². The van der Waals surface area contributed by atoms with E-state index in [1.165, 1.54) is 0 Å². The molecule has 0 aliphatic heterocycles. The van der Waals surface area contributed by atoms with Crippen molar-refractivity contribution in [2.24, 2.45) is 0 Å². The summed E-state index contributed by atoms with van der Waals surface area (Å²) in [4.78, 5) is 13.7. The number of carbonyl (C=O) groups is 1. The fourth-order valence-electron chi connectivity index (χ4n) is 1.90. The van der Waals surface area contributed by atoms with Gasteiger partial charge >= 0.3 is 0 Å². The molecule has 1 rings (SSSR count). The van der Waals surface area contributed by atoms with Gasteiger partial charge in [-0.05, 0) is 32.0 Å². The number of nitrogens with one attached hydrogen (secondary N) is 1. The highest BCUT2D eigenvalue weighted by molar-refractivity contribution is 5.96. The van der Waals surface area contributed by atoms with E-state index in [-0.39, 0.29) is 5.91 Å². The molecule has 1 aromatic carbocycles. The number of nitrogens with zero attached hydrogens (tertiary/aromatic N) is 1. The maximum atomic E-state index is 11.5. The summed E-state index contributed by atoms with van der Waals surface area (Å²) < 4.78 is 5.36. The topological polar surface area (TPSA) is 67.6 Å².